The smallest absolute Gasteiger partial charge is 0.350 e. The van der Waals surface area contributed by atoms with E-state index in [2.05, 4.69) is 18.3 Å². The number of ether oxygens (including phenoxy) is 1. The number of anilines is 2. The van der Waals surface area contributed by atoms with Gasteiger partial charge in [0.1, 0.15) is 21.5 Å². The summed E-state index contributed by atoms with van der Waals surface area (Å²) in [5, 5.41) is 13.2. The predicted molar refractivity (Wildman–Crippen MR) is 79.9 cm³/mol. The molecule has 1 fully saturated rings. The van der Waals surface area contributed by atoms with Crippen LogP contribution in [0.4, 0.5) is 10.7 Å². The molecule has 0 radical (unpaired) electrons. The van der Waals surface area contributed by atoms with Crippen LogP contribution >= 0.6 is 11.3 Å². The third-order valence-electron chi connectivity index (χ3n) is 3.85. The quantitative estimate of drug-likeness (QED) is 0.787. The van der Waals surface area contributed by atoms with Crippen molar-refractivity contribution >= 4 is 28.0 Å². The van der Waals surface area contributed by atoms with Gasteiger partial charge in [-0.15, -0.1) is 11.3 Å². The van der Waals surface area contributed by atoms with Gasteiger partial charge in [-0.3, -0.25) is 0 Å². The number of hydrogen-bond donors (Lipinski definition) is 2. The average Bonchev–Trinajstić information content (AvgIpc) is 3.15. The normalized spacial score (nSPS) is 15.4. The first-order chi connectivity index (χ1) is 9.56. The molecule has 5 nitrogen and oxygen atoms in total. The molecule has 1 aliphatic rings. The van der Waals surface area contributed by atoms with Crippen LogP contribution in [0, 0.1) is 16.7 Å². The minimum atomic E-state index is -0.462. The fourth-order valence-electron chi connectivity index (χ4n) is 2.13. The number of hydrogen-bond acceptors (Lipinski definition) is 6. The van der Waals surface area contributed by atoms with Crippen LogP contribution in [0.1, 0.15) is 48.3 Å². The van der Waals surface area contributed by atoms with E-state index in [-0.39, 0.29) is 5.69 Å². The second kappa shape index (κ2) is 5.71. The maximum absolute atomic E-state index is 11.8. The lowest BCUT2D eigenvalue weighted by atomic mass is 10.0. The van der Waals surface area contributed by atoms with Gasteiger partial charge in [0.05, 0.1) is 12.3 Å². The molecule has 0 aromatic carbocycles. The summed E-state index contributed by atoms with van der Waals surface area (Å²) in [7, 11) is 0. The van der Waals surface area contributed by atoms with Crippen LogP contribution in [-0.4, -0.2) is 19.1 Å². The van der Waals surface area contributed by atoms with Crippen molar-refractivity contribution in [2.45, 2.75) is 33.1 Å². The summed E-state index contributed by atoms with van der Waals surface area (Å²) in [6.45, 7) is 5.02. The second-order valence-corrected chi connectivity index (χ2v) is 6.11. The van der Waals surface area contributed by atoms with Gasteiger partial charge in [0, 0.05) is 6.54 Å². The predicted octanol–water partition coefficient (Wildman–Crippen LogP) is 2.98. The zero-order valence-corrected chi connectivity index (χ0v) is 12.6. The van der Waals surface area contributed by atoms with Crippen molar-refractivity contribution in [2.24, 2.45) is 5.41 Å². The molecule has 1 saturated carbocycles. The highest BCUT2D eigenvalue weighted by Gasteiger charge is 2.40. The van der Waals surface area contributed by atoms with Gasteiger partial charge < -0.3 is 15.8 Å². The molecule has 6 heteroatoms. The maximum atomic E-state index is 11.8. The van der Waals surface area contributed by atoms with Crippen LogP contribution in [0.2, 0.25) is 0 Å². The summed E-state index contributed by atoms with van der Waals surface area (Å²) in [5.41, 5.74) is 6.81. The zero-order valence-electron chi connectivity index (χ0n) is 11.8. The molecule has 0 bridgehead atoms. The summed E-state index contributed by atoms with van der Waals surface area (Å²) < 4.78 is 4.95. The number of rotatable bonds is 6. The molecular weight excluding hydrogens is 274 g/mol. The van der Waals surface area contributed by atoms with Crippen LogP contribution in [0.25, 0.3) is 0 Å². The Morgan fingerprint density at radius 2 is 2.25 bits per heavy atom. The molecule has 1 aromatic heterocycles. The number of carbonyl (C=O) groups is 1. The summed E-state index contributed by atoms with van der Waals surface area (Å²) in [4.78, 5) is 12.1. The highest BCUT2D eigenvalue weighted by Crippen LogP contribution is 2.49. The number of nitrogens with one attached hydrogen (secondary N) is 1. The van der Waals surface area contributed by atoms with E-state index in [1.54, 1.807) is 6.92 Å². The Morgan fingerprint density at radius 3 is 2.75 bits per heavy atom. The number of esters is 1. The van der Waals surface area contributed by atoms with E-state index in [0.29, 0.717) is 27.5 Å². The lowest BCUT2D eigenvalue weighted by molar-refractivity contribution is 0.0533. The van der Waals surface area contributed by atoms with Gasteiger partial charge in [-0.1, -0.05) is 6.92 Å². The molecular formula is C14H19N3O2S. The summed E-state index contributed by atoms with van der Waals surface area (Å²) >= 11 is 1.20. The molecule has 0 amide bonds. The van der Waals surface area contributed by atoms with E-state index in [4.69, 9.17) is 10.5 Å². The van der Waals surface area contributed by atoms with Crippen molar-refractivity contribution in [3.8, 4) is 6.07 Å². The second-order valence-electron chi connectivity index (χ2n) is 5.09. The molecule has 1 aromatic rings. The number of nitriles is 1. The van der Waals surface area contributed by atoms with E-state index in [1.807, 2.05) is 0 Å². The first kappa shape index (κ1) is 14.7. The van der Waals surface area contributed by atoms with Crippen molar-refractivity contribution < 1.29 is 9.53 Å². The van der Waals surface area contributed by atoms with E-state index < -0.39 is 5.97 Å². The van der Waals surface area contributed by atoms with Crippen molar-refractivity contribution in [1.29, 1.82) is 5.26 Å². The Kier molecular flexibility index (Phi) is 4.19. The van der Waals surface area contributed by atoms with Crippen LogP contribution in [0.15, 0.2) is 0 Å². The number of thiophene rings is 1. The first-order valence-corrected chi connectivity index (χ1v) is 7.62. The molecule has 0 aliphatic heterocycles. The summed E-state index contributed by atoms with van der Waals surface area (Å²) in [5.74, 6) is -0.462. The molecule has 0 spiro atoms. The van der Waals surface area contributed by atoms with Crippen LogP contribution < -0.4 is 11.1 Å². The van der Waals surface area contributed by atoms with E-state index in [0.717, 1.165) is 13.0 Å². The van der Waals surface area contributed by atoms with Gasteiger partial charge >= 0.3 is 5.97 Å². The van der Waals surface area contributed by atoms with Crippen molar-refractivity contribution in [2.75, 3.05) is 24.2 Å². The van der Waals surface area contributed by atoms with Crippen molar-refractivity contribution in [3.63, 3.8) is 0 Å². The Bertz CT molecular complexity index is 556. The van der Waals surface area contributed by atoms with Crippen molar-refractivity contribution in [1.82, 2.24) is 0 Å². The SMILES string of the molecule is CCOC(=O)c1sc(NCC2(CC)CC2)c(C#N)c1N. The lowest BCUT2D eigenvalue weighted by Crippen LogP contribution is -2.14. The van der Waals surface area contributed by atoms with Crippen LogP contribution in [0.3, 0.4) is 0 Å². The number of nitrogens with zero attached hydrogens (tertiary/aromatic N) is 1. The van der Waals surface area contributed by atoms with E-state index in [1.165, 1.54) is 24.2 Å². The monoisotopic (exact) mass is 293 g/mol. The summed E-state index contributed by atoms with van der Waals surface area (Å²) in [6.07, 6.45) is 3.54. The zero-order chi connectivity index (χ0) is 14.8. The third-order valence-corrected chi connectivity index (χ3v) is 4.99. The fraction of sp³-hybridized carbons (Fsp3) is 0.571. The molecule has 108 valence electrons. The van der Waals surface area contributed by atoms with Crippen LogP contribution in [-0.2, 0) is 4.74 Å². The van der Waals surface area contributed by atoms with Gasteiger partial charge in [-0.2, -0.15) is 5.26 Å². The largest absolute Gasteiger partial charge is 0.462 e. The molecule has 0 atom stereocenters. The molecule has 3 N–H and O–H groups in total. The molecule has 1 aliphatic carbocycles. The minimum Gasteiger partial charge on any atom is -0.462 e. The van der Waals surface area contributed by atoms with E-state index >= 15 is 0 Å². The Morgan fingerprint density at radius 1 is 1.55 bits per heavy atom. The minimum absolute atomic E-state index is 0.222. The first-order valence-electron chi connectivity index (χ1n) is 6.80. The third kappa shape index (κ3) is 2.73. The van der Waals surface area contributed by atoms with Crippen LogP contribution in [0.5, 0.6) is 0 Å². The topological polar surface area (TPSA) is 88.1 Å². The molecule has 0 saturated heterocycles. The molecule has 1 heterocycles. The lowest BCUT2D eigenvalue weighted by Gasteiger charge is -2.13. The Balaban J connectivity index is 2.18. The number of nitrogen functional groups attached to an aromatic ring is 1. The molecule has 20 heavy (non-hydrogen) atoms. The van der Waals surface area contributed by atoms with Gasteiger partial charge in [0.15, 0.2) is 0 Å². The van der Waals surface area contributed by atoms with Gasteiger partial charge in [0.2, 0.25) is 0 Å². The van der Waals surface area contributed by atoms with E-state index in [9.17, 15) is 10.1 Å². The molecule has 0 unspecified atom stereocenters. The van der Waals surface area contributed by atoms with Gasteiger partial charge in [-0.05, 0) is 31.6 Å². The Hall–Kier alpha value is -1.74. The average molecular weight is 293 g/mol. The van der Waals surface area contributed by atoms with Gasteiger partial charge in [0.25, 0.3) is 0 Å². The fourth-order valence-corrected chi connectivity index (χ4v) is 3.09. The number of nitrogens with two attached hydrogens (primary N) is 1. The summed E-state index contributed by atoms with van der Waals surface area (Å²) in [6, 6.07) is 2.07. The van der Waals surface area contributed by atoms with Gasteiger partial charge in [-0.25, -0.2) is 4.79 Å². The van der Waals surface area contributed by atoms with Crippen molar-refractivity contribution in [3.05, 3.63) is 10.4 Å². The highest BCUT2D eigenvalue weighted by atomic mass is 32.1. The molecule has 2 rings (SSSR count). The number of carbonyl (C=O) groups excluding carboxylic acids is 1. The highest BCUT2D eigenvalue weighted by molar-refractivity contribution is 7.18. The maximum Gasteiger partial charge on any atom is 0.350 e. The standard InChI is InChI=1S/C14H19N3O2S/c1-3-14(5-6-14)8-17-12-9(7-15)10(16)11(20-12)13(18)19-4-2/h17H,3-6,8,16H2,1-2H3. The Labute approximate surface area is 122 Å².